The minimum atomic E-state index is -0.944. The zero-order valence-corrected chi connectivity index (χ0v) is 12.6. The van der Waals surface area contributed by atoms with E-state index in [4.69, 9.17) is 0 Å². The van der Waals surface area contributed by atoms with Gasteiger partial charge in [-0.2, -0.15) is 0 Å². The third-order valence-electron chi connectivity index (χ3n) is 3.61. The van der Waals surface area contributed by atoms with Gasteiger partial charge in [0.2, 0.25) is 5.95 Å². The summed E-state index contributed by atoms with van der Waals surface area (Å²) in [5, 5.41) is 9.93. The van der Waals surface area contributed by atoms with Crippen LogP contribution < -0.4 is 4.90 Å². The number of carboxylic acids is 1. The lowest BCUT2D eigenvalue weighted by molar-refractivity contribution is 0.0699. The molecule has 0 aliphatic rings. The highest BCUT2D eigenvalue weighted by atomic mass is 16.4. The van der Waals surface area contributed by atoms with Gasteiger partial charge in [0.1, 0.15) is 0 Å². The van der Waals surface area contributed by atoms with Gasteiger partial charge in [-0.1, -0.05) is 0 Å². The number of aromatic amines is 1. The number of nitrogens with one attached hydrogen (secondary N) is 1. The molecule has 22 heavy (non-hydrogen) atoms. The van der Waals surface area contributed by atoms with Gasteiger partial charge in [-0.05, 0) is 30.2 Å². The third kappa shape index (κ3) is 2.28. The molecule has 2 heterocycles. The molecule has 2 N–H and O–H groups in total. The van der Waals surface area contributed by atoms with Crippen LogP contribution in [0.3, 0.4) is 0 Å². The van der Waals surface area contributed by atoms with Crippen molar-refractivity contribution in [2.24, 2.45) is 0 Å². The number of hydrogen-bond acceptors (Lipinski definition) is 4. The van der Waals surface area contributed by atoms with E-state index in [0.29, 0.717) is 11.3 Å². The van der Waals surface area contributed by atoms with Crippen molar-refractivity contribution in [3.63, 3.8) is 0 Å². The SMILES string of the molecule is Cc1cc2[nH]cc(C(=O)O)c2cc1-c1cnc(N(C)C)nc1. The Morgan fingerprint density at radius 1 is 1.23 bits per heavy atom. The molecule has 2 aromatic heterocycles. The van der Waals surface area contributed by atoms with Crippen LogP contribution >= 0.6 is 0 Å². The second kappa shape index (κ2) is 5.14. The van der Waals surface area contributed by atoms with Gasteiger partial charge >= 0.3 is 5.97 Å². The number of carboxylic acid groups (broad SMARTS) is 1. The molecule has 3 aromatic rings. The fraction of sp³-hybridized carbons (Fsp3) is 0.188. The number of fused-ring (bicyclic) bond motifs is 1. The Morgan fingerprint density at radius 2 is 1.91 bits per heavy atom. The van der Waals surface area contributed by atoms with Crippen molar-refractivity contribution < 1.29 is 9.90 Å². The Hall–Kier alpha value is -2.89. The zero-order valence-electron chi connectivity index (χ0n) is 12.6. The van der Waals surface area contributed by atoms with Crippen molar-refractivity contribution in [2.45, 2.75) is 6.92 Å². The van der Waals surface area contributed by atoms with E-state index in [1.54, 1.807) is 12.4 Å². The Bertz CT molecular complexity index is 850. The van der Waals surface area contributed by atoms with Gasteiger partial charge in [-0.15, -0.1) is 0 Å². The summed E-state index contributed by atoms with van der Waals surface area (Å²) in [4.78, 5) is 24.7. The first-order chi connectivity index (χ1) is 10.5. The van der Waals surface area contributed by atoms with Crippen molar-refractivity contribution >= 4 is 22.8 Å². The molecule has 0 aliphatic carbocycles. The summed E-state index contributed by atoms with van der Waals surface area (Å²) in [5.74, 6) is -0.310. The van der Waals surface area contributed by atoms with Crippen LogP contribution in [-0.4, -0.2) is 40.1 Å². The van der Waals surface area contributed by atoms with Crippen molar-refractivity contribution in [2.75, 3.05) is 19.0 Å². The summed E-state index contributed by atoms with van der Waals surface area (Å²) in [6.07, 6.45) is 5.02. The molecular formula is C16H16N4O2. The maximum atomic E-state index is 11.3. The second-order valence-corrected chi connectivity index (χ2v) is 5.39. The van der Waals surface area contributed by atoms with Crippen LogP contribution in [0.15, 0.2) is 30.7 Å². The highest BCUT2D eigenvalue weighted by molar-refractivity contribution is 6.04. The lowest BCUT2D eigenvalue weighted by Gasteiger charge is -2.11. The van der Waals surface area contributed by atoms with Crippen LogP contribution in [0, 0.1) is 6.92 Å². The number of aryl methyl sites for hydroxylation is 1. The lowest BCUT2D eigenvalue weighted by Crippen LogP contribution is -2.12. The smallest absolute Gasteiger partial charge is 0.337 e. The quantitative estimate of drug-likeness (QED) is 0.776. The van der Waals surface area contributed by atoms with E-state index in [2.05, 4.69) is 15.0 Å². The molecular weight excluding hydrogens is 280 g/mol. The van der Waals surface area contributed by atoms with Gasteiger partial charge in [0.25, 0.3) is 0 Å². The number of rotatable bonds is 3. The fourth-order valence-corrected chi connectivity index (χ4v) is 2.46. The summed E-state index contributed by atoms with van der Waals surface area (Å²) in [6, 6.07) is 3.82. The number of anilines is 1. The molecule has 112 valence electrons. The van der Waals surface area contributed by atoms with Gasteiger partial charge in [0.05, 0.1) is 5.56 Å². The van der Waals surface area contributed by atoms with Gasteiger partial charge in [0, 0.05) is 49.2 Å². The van der Waals surface area contributed by atoms with Gasteiger partial charge in [0.15, 0.2) is 0 Å². The molecule has 0 saturated carbocycles. The largest absolute Gasteiger partial charge is 0.478 e. The average molecular weight is 296 g/mol. The summed E-state index contributed by atoms with van der Waals surface area (Å²) in [6.45, 7) is 1.98. The molecule has 6 heteroatoms. The molecule has 0 atom stereocenters. The maximum Gasteiger partial charge on any atom is 0.337 e. The summed E-state index contributed by atoms with van der Waals surface area (Å²) in [7, 11) is 3.76. The molecule has 6 nitrogen and oxygen atoms in total. The van der Waals surface area contributed by atoms with E-state index >= 15 is 0 Å². The van der Waals surface area contributed by atoms with Crippen molar-refractivity contribution in [1.29, 1.82) is 0 Å². The summed E-state index contributed by atoms with van der Waals surface area (Å²) < 4.78 is 0. The van der Waals surface area contributed by atoms with Crippen LogP contribution in [0.25, 0.3) is 22.0 Å². The van der Waals surface area contributed by atoms with E-state index in [1.165, 1.54) is 6.20 Å². The second-order valence-electron chi connectivity index (χ2n) is 5.39. The van der Waals surface area contributed by atoms with Crippen LogP contribution in [0.4, 0.5) is 5.95 Å². The minimum absolute atomic E-state index is 0.266. The Morgan fingerprint density at radius 3 is 2.50 bits per heavy atom. The van der Waals surface area contributed by atoms with Gasteiger partial charge in [-0.25, -0.2) is 14.8 Å². The number of aromatic carboxylic acids is 1. The summed E-state index contributed by atoms with van der Waals surface area (Å²) >= 11 is 0. The van der Waals surface area contributed by atoms with E-state index in [1.807, 2.05) is 38.1 Å². The molecule has 0 spiro atoms. The van der Waals surface area contributed by atoms with Crippen molar-refractivity contribution in [3.8, 4) is 11.1 Å². The first-order valence-electron chi connectivity index (χ1n) is 6.82. The zero-order chi connectivity index (χ0) is 15.9. The fourth-order valence-electron chi connectivity index (χ4n) is 2.46. The number of benzene rings is 1. The number of carbonyl (C=O) groups is 1. The molecule has 0 aliphatic heterocycles. The predicted molar refractivity (Wildman–Crippen MR) is 85.3 cm³/mol. The predicted octanol–water partition coefficient (Wildman–Crippen LogP) is 2.70. The highest BCUT2D eigenvalue weighted by Gasteiger charge is 2.13. The van der Waals surface area contributed by atoms with Crippen LogP contribution in [0.5, 0.6) is 0 Å². The van der Waals surface area contributed by atoms with Gasteiger partial charge < -0.3 is 15.0 Å². The normalized spacial score (nSPS) is 10.9. The van der Waals surface area contributed by atoms with Crippen LogP contribution in [0.2, 0.25) is 0 Å². The molecule has 0 bridgehead atoms. The number of hydrogen-bond donors (Lipinski definition) is 2. The number of H-pyrrole nitrogens is 1. The summed E-state index contributed by atoms with van der Waals surface area (Å²) in [5.41, 5.74) is 3.90. The molecule has 3 rings (SSSR count). The number of aromatic nitrogens is 3. The molecule has 1 aromatic carbocycles. The molecule has 0 fully saturated rings. The molecule has 0 unspecified atom stereocenters. The van der Waals surface area contributed by atoms with Crippen molar-refractivity contribution in [1.82, 2.24) is 15.0 Å². The Labute approximate surface area is 127 Å². The van der Waals surface area contributed by atoms with Crippen LogP contribution in [-0.2, 0) is 0 Å². The topological polar surface area (TPSA) is 82.1 Å². The Balaban J connectivity index is 2.15. The van der Waals surface area contributed by atoms with E-state index in [-0.39, 0.29) is 5.56 Å². The first kappa shape index (κ1) is 14.1. The minimum Gasteiger partial charge on any atom is -0.478 e. The third-order valence-corrected chi connectivity index (χ3v) is 3.61. The monoisotopic (exact) mass is 296 g/mol. The lowest BCUT2D eigenvalue weighted by atomic mass is 10.00. The van der Waals surface area contributed by atoms with E-state index in [0.717, 1.165) is 22.2 Å². The van der Waals surface area contributed by atoms with Crippen molar-refractivity contribution in [3.05, 3.63) is 41.9 Å². The van der Waals surface area contributed by atoms with E-state index in [9.17, 15) is 9.90 Å². The standard InChI is InChI=1S/C16H16N4O2/c1-9-4-14-12(13(8-17-14)15(21)22)5-11(9)10-6-18-16(19-7-10)20(2)3/h4-8,17H,1-3H3,(H,21,22). The van der Waals surface area contributed by atoms with Gasteiger partial charge in [-0.3, -0.25) is 0 Å². The number of nitrogens with zero attached hydrogens (tertiary/aromatic N) is 3. The maximum absolute atomic E-state index is 11.3. The average Bonchev–Trinajstić information content (AvgIpc) is 2.89. The van der Waals surface area contributed by atoms with E-state index < -0.39 is 5.97 Å². The first-order valence-corrected chi connectivity index (χ1v) is 6.82. The Kier molecular flexibility index (Phi) is 3.29. The molecule has 0 saturated heterocycles. The van der Waals surface area contributed by atoms with Crippen LogP contribution in [0.1, 0.15) is 15.9 Å². The molecule has 0 amide bonds. The highest BCUT2D eigenvalue weighted by Crippen LogP contribution is 2.29. The molecule has 0 radical (unpaired) electrons.